The molecule has 41 heavy (non-hydrogen) atoms. The summed E-state index contributed by atoms with van der Waals surface area (Å²) in [4.78, 5) is 58.6. The Morgan fingerprint density at radius 3 is 2.37 bits per heavy atom. The Bertz CT molecular complexity index is 1410. The second kappa shape index (κ2) is 12.6. The van der Waals surface area contributed by atoms with Gasteiger partial charge in [-0.05, 0) is 49.3 Å². The Morgan fingerprint density at radius 2 is 1.61 bits per heavy atom. The van der Waals surface area contributed by atoms with E-state index in [0.29, 0.717) is 45.2 Å². The Hall–Kier alpha value is -4.18. The van der Waals surface area contributed by atoms with Crippen molar-refractivity contribution < 1.29 is 24.3 Å². The molecule has 216 valence electrons. The van der Waals surface area contributed by atoms with E-state index in [4.69, 9.17) is 5.73 Å². The molecule has 0 radical (unpaired) electrons. The number of amides is 3. The Kier molecular flexibility index (Phi) is 8.68. The number of para-hydroxylation sites is 1. The van der Waals surface area contributed by atoms with Crippen LogP contribution >= 0.6 is 0 Å². The average molecular weight is 560 g/mol. The summed E-state index contributed by atoms with van der Waals surface area (Å²) in [6, 6.07) is 14.5. The van der Waals surface area contributed by atoms with Crippen LogP contribution in [0.3, 0.4) is 0 Å². The monoisotopic (exact) mass is 559 g/mol. The molecule has 0 bridgehead atoms. The van der Waals surface area contributed by atoms with E-state index in [9.17, 15) is 24.3 Å². The van der Waals surface area contributed by atoms with Gasteiger partial charge in [-0.3, -0.25) is 14.4 Å². The molecule has 4 unspecified atom stereocenters. The van der Waals surface area contributed by atoms with Gasteiger partial charge in [0.1, 0.15) is 18.1 Å². The lowest BCUT2D eigenvalue weighted by molar-refractivity contribution is -0.152. The summed E-state index contributed by atoms with van der Waals surface area (Å²) < 4.78 is 0. The van der Waals surface area contributed by atoms with Crippen LogP contribution in [0, 0.1) is 0 Å². The molecular formula is C31H37N5O5. The van der Waals surface area contributed by atoms with Gasteiger partial charge >= 0.3 is 5.97 Å². The lowest BCUT2D eigenvalue weighted by Gasteiger charge is -2.32. The normalized spacial score (nSPS) is 20.2. The zero-order valence-corrected chi connectivity index (χ0v) is 23.0. The number of hydrogen-bond acceptors (Lipinski definition) is 5. The van der Waals surface area contributed by atoms with Gasteiger partial charge in [-0.1, -0.05) is 48.5 Å². The molecule has 0 saturated carbocycles. The Labute approximate surface area is 238 Å². The van der Waals surface area contributed by atoms with Crippen molar-refractivity contribution >= 4 is 34.6 Å². The molecule has 10 nitrogen and oxygen atoms in total. The van der Waals surface area contributed by atoms with E-state index in [2.05, 4.69) is 10.3 Å². The number of benzene rings is 2. The summed E-state index contributed by atoms with van der Waals surface area (Å²) in [6.45, 7) is 0.734. The van der Waals surface area contributed by atoms with Crippen LogP contribution < -0.4 is 11.1 Å². The summed E-state index contributed by atoms with van der Waals surface area (Å²) in [7, 11) is 0. The highest BCUT2D eigenvalue weighted by Crippen LogP contribution is 2.27. The minimum absolute atomic E-state index is 0.0446. The number of fused-ring (bicyclic) bond motifs is 1. The number of aromatic nitrogens is 1. The van der Waals surface area contributed by atoms with Gasteiger partial charge in [0, 0.05) is 49.1 Å². The third-order valence-corrected chi connectivity index (χ3v) is 8.16. The summed E-state index contributed by atoms with van der Waals surface area (Å²) in [5.74, 6) is -2.03. The number of rotatable bonds is 10. The number of nitrogens with two attached hydrogens (primary N) is 1. The van der Waals surface area contributed by atoms with Gasteiger partial charge in [-0.25, -0.2) is 4.79 Å². The maximum absolute atomic E-state index is 14.0. The number of carboxylic acids is 1. The topological polar surface area (TPSA) is 149 Å². The van der Waals surface area contributed by atoms with Gasteiger partial charge in [0.25, 0.3) is 0 Å². The summed E-state index contributed by atoms with van der Waals surface area (Å²) in [5, 5.41) is 13.5. The third kappa shape index (κ3) is 6.43. The molecule has 3 heterocycles. The second-order valence-corrected chi connectivity index (χ2v) is 11.1. The van der Waals surface area contributed by atoms with E-state index in [1.54, 1.807) is 0 Å². The van der Waals surface area contributed by atoms with Gasteiger partial charge in [0.15, 0.2) is 0 Å². The molecule has 5 rings (SSSR count). The molecule has 2 aromatic carbocycles. The molecule has 4 atom stereocenters. The number of carbonyl (C=O) groups is 4. The fourth-order valence-corrected chi connectivity index (χ4v) is 6.17. The van der Waals surface area contributed by atoms with Crippen molar-refractivity contribution in [3.63, 3.8) is 0 Å². The van der Waals surface area contributed by atoms with Crippen LogP contribution in [0.15, 0.2) is 60.8 Å². The molecule has 2 aliphatic rings. The van der Waals surface area contributed by atoms with E-state index in [-0.39, 0.29) is 30.6 Å². The zero-order valence-electron chi connectivity index (χ0n) is 23.0. The largest absolute Gasteiger partial charge is 0.480 e. The van der Waals surface area contributed by atoms with E-state index < -0.39 is 30.1 Å². The van der Waals surface area contributed by atoms with Gasteiger partial charge in [-0.15, -0.1) is 0 Å². The van der Waals surface area contributed by atoms with Crippen LogP contribution in [0.1, 0.15) is 43.2 Å². The standard InChI is InChI=1S/C31H37N5O5/c32-22(16-20-8-2-1-3-9-20)18-28(37)34-25(17-21-19-33-24-11-5-4-10-23(21)24)29(38)35-14-6-12-26(35)30(39)36-15-7-13-27(36)31(40)41/h1-5,8-11,19,22,25-27,33H,6-7,12-18,32H2,(H,34,37)(H,40,41). The van der Waals surface area contributed by atoms with Gasteiger partial charge in [0.05, 0.1) is 0 Å². The fraction of sp³-hybridized carbons (Fsp3) is 0.419. The maximum atomic E-state index is 14.0. The number of hydrogen-bond donors (Lipinski definition) is 4. The van der Waals surface area contributed by atoms with Crippen LogP contribution in [0.25, 0.3) is 10.9 Å². The van der Waals surface area contributed by atoms with E-state index in [0.717, 1.165) is 22.0 Å². The smallest absolute Gasteiger partial charge is 0.326 e. The number of likely N-dealkylation sites (tertiary alicyclic amines) is 2. The molecule has 2 saturated heterocycles. The van der Waals surface area contributed by atoms with Crippen molar-refractivity contribution in [2.45, 2.75) is 69.1 Å². The van der Waals surface area contributed by atoms with Gasteiger partial charge < -0.3 is 30.9 Å². The lowest BCUT2D eigenvalue weighted by atomic mass is 10.0. The highest BCUT2D eigenvalue weighted by molar-refractivity contribution is 5.95. The highest BCUT2D eigenvalue weighted by atomic mass is 16.4. The SMILES string of the molecule is NC(CC(=O)NC(Cc1c[nH]c2ccccc12)C(=O)N1CCCC1C(=O)N1CCCC1C(=O)O)Cc1ccccc1. The lowest BCUT2D eigenvalue weighted by Crippen LogP contribution is -2.56. The van der Waals surface area contributed by atoms with Crippen molar-refractivity contribution in [3.05, 3.63) is 71.9 Å². The predicted octanol–water partition coefficient (Wildman–Crippen LogP) is 2.22. The summed E-state index contributed by atoms with van der Waals surface area (Å²) >= 11 is 0. The van der Waals surface area contributed by atoms with E-state index in [1.165, 1.54) is 9.80 Å². The van der Waals surface area contributed by atoms with Crippen molar-refractivity contribution in [3.8, 4) is 0 Å². The van der Waals surface area contributed by atoms with Crippen molar-refractivity contribution in [1.29, 1.82) is 0 Å². The third-order valence-electron chi connectivity index (χ3n) is 8.16. The molecule has 0 spiro atoms. The molecule has 3 aromatic rings. The van der Waals surface area contributed by atoms with Crippen molar-refractivity contribution in [2.75, 3.05) is 13.1 Å². The molecular weight excluding hydrogens is 522 g/mol. The van der Waals surface area contributed by atoms with E-state index in [1.807, 2.05) is 60.8 Å². The molecule has 10 heteroatoms. The first-order valence-corrected chi connectivity index (χ1v) is 14.3. The first kappa shape index (κ1) is 28.4. The molecule has 2 aliphatic heterocycles. The van der Waals surface area contributed by atoms with Crippen molar-refractivity contribution in [2.24, 2.45) is 5.73 Å². The first-order valence-electron chi connectivity index (χ1n) is 14.3. The number of H-pyrrole nitrogens is 1. The molecule has 1 aromatic heterocycles. The van der Waals surface area contributed by atoms with Gasteiger partial charge in [-0.2, -0.15) is 0 Å². The van der Waals surface area contributed by atoms with Crippen LogP contribution in [-0.4, -0.2) is 80.8 Å². The minimum Gasteiger partial charge on any atom is -0.480 e. The van der Waals surface area contributed by atoms with Crippen LogP contribution in [0.4, 0.5) is 0 Å². The molecule has 0 aliphatic carbocycles. The number of aromatic amines is 1. The van der Waals surface area contributed by atoms with E-state index >= 15 is 0 Å². The predicted molar refractivity (Wildman–Crippen MR) is 154 cm³/mol. The van der Waals surface area contributed by atoms with Crippen LogP contribution in [0.2, 0.25) is 0 Å². The highest BCUT2D eigenvalue weighted by Gasteiger charge is 2.43. The van der Waals surface area contributed by atoms with Crippen LogP contribution in [-0.2, 0) is 32.0 Å². The average Bonchev–Trinajstić information content (AvgIpc) is 3.72. The van der Waals surface area contributed by atoms with Gasteiger partial charge in [0.2, 0.25) is 17.7 Å². The summed E-state index contributed by atoms with van der Waals surface area (Å²) in [6.07, 6.45) is 4.76. The number of nitrogens with one attached hydrogen (secondary N) is 2. The van der Waals surface area contributed by atoms with Crippen molar-refractivity contribution in [1.82, 2.24) is 20.1 Å². The molecule has 2 fully saturated rings. The molecule has 3 amide bonds. The number of nitrogens with zero attached hydrogens (tertiary/aromatic N) is 2. The molecule has 5 N–H and O–H groups in total. The minimum atomic E-state index is -1.02. The Balaban J connectivity index is 1.34. The number of aliphatic carboxylic acids is 1. The fourth-order valence-electron chi connectivity index (χ4n) is 6.17. The zero-order chi connectivity index (χ0) is 28.9. The quantitative estimate of drug-likeness (QED) is 0.299. The Morgan fingerprint density at radius 1 is 0.927 bits per heavy atom. The second-order valence-electron chi connectivity index (χ2n) is 11.1. The first-order chi connectivity index (χ1) is 19.8. The number of carboxylic acid groups (broad SMARTS) is 1. The summed E-state index contributed by atoms with van der Waals surface area (Å²) in [5.41, 5.74) is 9.13. The maximum Gasteiger partial charge on any atom is 0.326 e. The number of carbonyl (C=O) groups excluding carboxylic acids is 3. The van der Waals surface area contributed by atoms with Crippen LogP contribution in [0.5, 0.6) is 0 Å².